The molecule has 9 nitrogen and oxygen atoms in total. The number of nitrogens with zero attached hydrogens (tertiary/aromatic N) is 5. The van der Waals surface area contributed by atoms with E-state index in [1.807, 2.05) is 0 Å². The normalized spacial score (nSPS) is 22.9. The van der Waals surface area contributed by atoms with Gasteiger partial charge >= 0.3 is 0 Å². The average molecular weight is 543 g/mol. The molecule has 4 atom stereocenters. The minimum atomic E-state index is -1.60. The number of benzene rings is 2. The number of amidine groups is 1. The first-order valence-electron chi connectivity index (χ1n) is 10.5. The van der Waals surface area contributed by atoms with Crippen LogP contribution in [0, 0.1) is 17.5 Å². The molecule has 0 aliphatic carbocycles. The Morgan fingerprint density at radius 2 is 1.94 bits per heavy atom. The molecule has 1 fully saturated rings. The van der Waals surface area contributed by atoms with Crippen LogP contribution in [0.4, 0.5) is 18.9 Å². The molecule has 1 aliphatic heterocycles. The third-order valence-corrected chi connectivity index (χ3v) is 6.07. The van der Waals surface area contributed by atoms with Gasteiger partial charge in [-0.2, -0.15) is 0 Å². The monoisotopic (exact) mass is 542 g/mol. The summed E-state index contributed by atoms with van der Waals surface area (Å²) in [5, 5.41) is 29.1. The van der Waals surface area contributed by atoms with Gasteiger partial charge < -0.3 is 20.7 Å². The number of ether oxygens (including phenoxy) is 1. The van der Waals surface area contributed by atoms with Crippen LogP contribution in [0.5, 0.6) is 0 Å². The van der Waals surface area contributed by atoms with Crippen molar-refractivity contribution >= 4 is 41.1 Å². The van der Waals surface area contributed by atoms with Crippen molar-refractivity contribution in [3.8, 4) is 11.3 Å². The zero-order valence-corrected chi connectivity index (χ0v) is 19.8. The van der Waals surface area contributed by atoms with Crippen LogP contribution >= 0.6 is 23.2 Å². The fraction of sp³-hybridized carbons (Fsp3) is 0.273. The van der Waals surface area contributed by atoms with Crippen molar-refractivity contribution in [3.05, 3.63) is 64.0 Å². The van der Waals surface area contributed by atoms with Crippen LogP contribution in [0.15, 0.2) is 46.5 Å². The molecule has 36 heavy (non-hydrogen) atoms. The third kappa shape index (κ3) is 5.37. The molecule has 4 rings (SSSR count). The zero-order chi connectivity index (χ0) is 26.0. The predicted octanol–water partition coefficient (Wildman–Crippen LogP) is 3.44. The quantitative estimate of drug-likeness (QED) is 0.257. The Labute approximate surface area is 212 Å². The van der Waals surface area contributed by atoms with E-state index in [-0.39, 0.29) is 28.5 Å². The molecule has 2 aromatic carbocycles. The number of rotatable bonds is 5. The first-order valence-corrected chi connectivity index (χ1v) is 11.3. The maximum absolute atomic E-state index is 13.7. The van der Waals surface area contributed by atoms with Gasteiger partial charge in [0.15, 0.2) is 23.3 Å². The number of aliphatic hydroxyl groups is 2. The second-order valence-corrected chi connectivity index (χ2v) is 8.66. The Morgan fingerprint density at radius 1 is 1.22 bits per heavy atom. The van der Waals surface area contributed by atoms with Crippen molar-refractivity contribution in [2.75, 3.05) is 6.61 Å². The lowest BCUT2D eigenvalue weighted by Crippen LogP contribution is -2.49. The number of aliphatic hydroxyl groups excluding tert-OH is 2. The van der Waals surface area contributed by atoms with Crippen LogP contribution in [0.1, 0.15) is 12.5 Å². The van der Waals surface area contributed by atoms with E-state index in [2.05, 4.69) is 20.3 Å². The van der Waals surface area contributed by atoms with Gasteiger partial charge in [0.25, 0.3) is 0 Å². The molecule has 2 heterocycles. The van der Waals surface area contributed by atoms with E-state index in [0.29, 0.717) is 10.7 Å². The standard InChI is InChI=1S/C22H19Cl2F3N6O3/c23-11-1-2-12(24)15(5-11)30-22(29-9-28)18-6-17(21(35)19(8-34)36-18)33-7-16(31-32-33)10-3-13(25)20(27)14(26)4-10/h1-5,7,9,17-19,21,34-35H,6,8H2,(H2,28,29,30). The summed E-state index contributed by atoms with van der Waals surface area (Å²) in [7, 11) is 0. The van der Waals surface area contributed by atoms with E-state index < -0.39 is 48.4 Å². The Balaban J connectivity index is 1.68. The highest BCUT2D eigenvalue weighted by molar-refractivity contribution is 6.35. The summed E-state index contributed by atoms with van der Waals surface area (Å²) < 4.78 is 47.8. The van der Waals surface area contributed by atoms with E-state index in [1.54, 1.807) is 12.1 Å². The molecule has 1 aliphatic rings. The molecule has 4 N–H and O–H groups in total. The molecule has 0 radical (unpaired) electrons. The number of aromatic nitrogens is 3. The largest absolute Gasteiger partial charge is 0.394 e. The number of hydrogen-bond acceptors (Lipinski definition) is 6. The molecule has 0 amide bonds. The predicted molar refractivity (Wildman–Crippen MR) is 127 cm³/mol. The fourth-order valence-corrected chi connectivity index (χ4v) is 4.09. The van der Waals surface area contributed by atoms with Crippen LogP contribution in [-0.2, 0) is 4.74 Å². The van der Waals surface area contributed by atoms with Gasteiger partial charge in [0.1, 0.15) is 24.0 Å². The van der Waals surface area contributed by atoms with Crippen molar-refractivity contribution in [2.24, 2.45) is 15.7 Å². The Bertz CT molecular complexity index is 1300. The van der Waals surface area contributed by atoms with E-state index in [1.165, 1.54) is 16.9 Å². The third-order valence-electron chi connectivity index (χ3n) is 5.52. The van der Waals surface area contributed by atoms with Crippen molar-refractivity contribution in [1.29, 1.82) is 0 Å². The molecule has 3 aromatic rings. The first-order chi connectivity index (χ1) is 17.2. The van der Waals surface area contributed by atoms with Crippen molar-refractivity contribution < 1.29 is 28.1 Å². The van der Waals surface area contributed by atoms with Crippen molar-refractivity contribution in [1.82, 2.24) is 15.0 Å². The van der Waals surface area contributed by atoms with E-state index in [0.717, 1.165) is 18.5 Å². The molecule has 0 spiro atoms. The Morgan fingerprint density at radius 3 is 2.61 bits per heavy atom. The molecule has 4 unspecified atom stereocenters. The summed E-state index contributed by atoms with van der Waals surface area (Å²) >= 11 is 12.2. The number of nitrogens with two attached hydrogens (primary N) is 1. The molecule has 0 bridgehead atoms. The van der Waals surface area contributed by atoms with Gasteiger partial charge in [-0.25, -0.2) is 27.8 Å². The van der Waals surface area contributed by atoms with E-state index in [9.17, 15) is 23.4 Å². The van der Waals surface area contributed by atoms with Gasteiger partial charge in [0.05, 0.1) is 35.9 Å². The SMILES string of the molecule is NC=NC(=Nc1cc(Cl)ccc1Cl)C1CC(n2cc(-c3cc(F)c(F)c(F)c3)nn2)C(O)C(CO)O1. The molecule has 0 saturated carbocycles. The van der Waals surface area contributed by atoms with Crippen LogP contribution in [0.3, 0.4) is 0 Å². The Kier molecular flexibility index (Phi) is 7.91. The lowest BCUT2D eigenvalue weighted by Gasteiger charge is -2.38. The summed E-state index contributed by atoms with van der Waals surface area (Å²) in [5.41, 5.74) is 5.77. The van der Waals surface area contributed by atoms with Crippen LogP contribution in [0.2, 0.25) is 10.0 Å². The highest BCUT2D eigenvalue weighted by atomic mass is 35.5. The molecule has 1 saturated heterocycles. The average Bonchev–Trinajstić information content (AvgIpc) is 3.34. The summed E-state index contributed by atoms with van der Waals surface area (Å²) in [6, 6.07) is 5.38. The van der Waals surface area contributed by atoms with Crippen LogP contribution in [-0.4, -0.2) is 62.3 Å². The number of aliphatic imine (C=N–C) groups is 2. The maximum Gasteiger partial charge on any atom is 0.194 e. The van der Waals surface area contributed by atoms with Gasteiger partial charge in [-0.3, -0.25) is 0 Å². The minimum Gasteiger partial charge on any atom is -0.394 e. The number of hydrogen-bond donors (Lipinski definition) is 3. The van der Waals surface area contributed by atoms with Gasteiger partial charge in [0.2, 0.25) is 0 Å². The van der Waals surface area contributed by atoms with Gasteiger partial charge in [0, 0.05) is 17.0 Å². The second-order valence-electron chi connectivity index (χ2n) is 7.82. The highest BCUT2D eigenvalue weighted by Crippen LogP contribution is 2.34. The smallest absolute Gasteiger partial charge is 0.194 e. The van der Waals surface area contributed by atoms with E-state index in [4.69, 9.17) is 33.7 Å². The lowest BCUT2D eigenvalue weighted by atomic mass is 9.95. The molecular formula is C22H19Cl2F3N6O3. The molecule has 190 valence electrons. The zero-order valence-electron chi connectivity index (χ0n) is 18.3. The van der Waals surface area contributed by atoms with Gasteiger partial charge in [-0.1, -0.05) is 28.4 Å². The van der Waals surface area contributed by atoms with E-state index >= 15 is 0 Å². The van der Waals surface area contributed by atoms with Crippen LogP contribution in [0.25, 0.3) is 11.3 Å². The van der Waals surface area contributed by atoms with Crippen molar-refractivity contribution in [3.63, 3.8) is 0 Å². The number of halogens is 5. The highest BCUT2D eigenvalue weighted by Gasteiger charge is 2.41. The summed E-state index contributed by atoms with van der Waals surface area (Å²) in [6.45, 7) is -0.554. The first kappa shape index (κ1) is 26.0. The van der Waals surface area contributed by atoms with Crippen LogP contribution < -0.4 is 5.73 Å². The summed E-state index contributed by atoms with van der Waals surface area (Å²) in [6.07, 6.45) is -0.844. The van der Waals surface area contributed by atoms with Gasteiger partial charge in [-0.15, -0.1) is 5.10 Å². The Hall–Kier alpha value is -3.03. The second kappa shape index (κ2) is 10.9. The van der Waals surface area contributed by atoms with Crippen molar-refractivity contribution in [2.45, 2.75) is 30.8 Å². The fourth-order valence-electron chi connectivity index (χ4n) is 3.77. The molecule has 14 heteroatoms. The lowest BCUT2D eigenvalue weighted by molar-refractivity contribution is -0.137. The maximum atomic E-state index is 13.7. The topological polar surface area (TPSA) is 131 Å². The summed E-state index contributed by atoms with van der Waals surface area (Å²) in [5.74, 6) is -4.29. The molecular weight excluding hydrogens is 524 g/mol. The minimum absolute atomic E-state index is 0.0307. The molecule has 1 aromatic heterocycles. The van der Waals surface area contributed by atoms with Gasteiger partial charge in [-0.05, 0) is 30.3 Å². The summed E-state index contributed by atoms with van der Waals surface area (Å²) in [4.78, 5) is 8.47.